The van der Waals surface area contributed by atoms with Crippen molar-refractivity contribution in [2.24, 2.45) is 5.10 Å². The largest absolute Gasteiger partial charge is 0.455 e. The van der Waals surface area contributed by atoms with Crippen LogP contribution in [-0.4, -0.2) is 17.5 Å². The molecule has 0 bridgehead atoms. The Labute approximate surface area is 203 Å². The highest BCUT2D eigenvalue weighted by Crippen LogP contribution is 2.33. The van der Waals surface area contributed by atoms with E-state index in [0.717, 1.165) is 12.0 Å². The molecule has 0 saturated carbocycles. The van der Waals surface area contributed by atoms with Crippen molar-refractivity contribution in [1.29, 1.82) is 0 Å². The molecule has 0 aliphatic heterocycles. The van der Waals surface area contributed by atoms with Crippen LogP contribution in [0.15, 0.2) is 56.5 Å². The van der Waals surface area contributed by atoms with Gasteiger partial charge in [0.15, 0.2) is 5.76 Å². The number of anilines is 1. The maximum atomic E-state index is 12.9. The van der Waals surface area contributed by atoms with Crippen molar-refractivity contribution in [3.8, 4) is 0 Å². The fourth-order valence-corrected chi connectivity index (χ4v) is 4.41. The summed E-state index contributed by atoms with van der Waals surface area (Å²) in [7, 11) is 0. The van der Waals surface area contributed by atoms with Gasteiger partial charge in [0, 0.05) is 22.0 Å². The average molecular weight is 535 g/mol. The molecule has 0 spiro atoms. The lowest BCUT2D eigenvalue weighted by atomic mass is 9.93. The Morgan fingerprint density at radius 2 is 1.84 bits per heavy atom. The van der Waals surface area contributed by atoms with E-state index in [1.54, 1.807) is 43.3 Å². The number of nitrogens with one attached hydrogen (secondary N) is 2. The van der Waals surface area contributed by atoms with Gasteiger partial charge in [-0.1, -0.05) is 41.4 Å². The molecule has 3 aromatic rings. The molecule has 4 rings (SSSR count). The number of furan rings is 1. The molecule has 1 aliphatic carbocycles. The quantitative estimate of drug-likeness (QED) is 0.381. The van der Waals surface area contributed by atoms with E-state index in [-0.39, 0.29) is 16.7 Å². The second-order valence-electron chi connectivity index (χ2n) is 7.24. The van der Waals surface area contributed by atoms with Crippen LogP contribution in [0, 0.1) is 6.92 Å². The third kappa shape index (κ3) is 4.46. The van der Waals surface area contributed by atoms with E-state index in [4.69, 9.17) is 27.6 Å². The summed E-state index contributed by atoms with van der Waals surface area (Å²) < 4.78 is 6.57. The minimum atomic E-state index is -0.433. The summed E-state index contributed by atoms with van der Waals surface area (Å²) in [5, 5.41) is 7.70. The number of carbonyl (C=O) groups is 2. The first-order valence-electron chi connectivity index (χ1n) is 9.86. The highest BCUT2D eigenvalue weighted by atomic mass is 79.9. The number of hydrogen-bond donors (Lipinski definition) is 2. The Bertz CT molecular complexity index is 1250. The number of benzene rings is 2. The lowest BCUT2D eigenvalue weighted by molar-refractivity contribution is 0.0952. The molecule has 1 heterocycles. The Hall–Kier alpha value is -2.61. The number of carbonyl (C=O) groups excluding carboxylic acids is 2. The maximum absolute atomic E-state index is 12.9. The van der Waals surface area contributed by atoms with Crippen LogP contribution < -0.4 is 10.7 Å². The Kier molecular flexibility index (Phi) is 6.69. The first-order valence-corrected chi connectivity index (χ1v) is 11.4. The van der Waals surface area contributed by atoms with Gasteiger partial charge < -0.3 is 9.73 Å². The first kappa shape index (κ1) is 22.6. The van der Waals surface area contributed by atoms with E-state index < -0.39 is 5.91 Å². The SMILES string of the molecule is Cc1c(C(=O)Nc2cccc(Cl)c2Cl)oc2c1/C(=N/NC(=O)c1ccccc1Br)CCC2. The Balaban J connectivity index is 1.59. The highest BCUT2D eigenvalue weighted by molar-refractivity contribution is 9.10. The molecule has 0 unspecified atom stereocenters. The highest BCUT2D eigenvalue weighted by Gasteiger charge is 2.28. The Morgan fingerprint density at radius 3 is 2.62 bits per heavy atom. The molecule has 0 atom stereocenters. The second-order valence-corrected chi connectivity index (χ2v) is 8.88. The predicted molar refractivity (Wildman–Crippen MR) is 129 cm³/mol. The molecule has 0 radical (unpaired) electrons. The summed E-state index contributed by atoms with van der Waals surface area (Å²) in [4.78, 5) is 25.4. The van der Waals surface area contributed by atoms with E-state index in [2.05, 4.69) is 31.8 Å². The smallest absolute Gasteiger partial charge is 0.291 e. The van der Waals surface area contributed by atoms with Crippen LogP contribution >= 0.6 is 39.1 Å². The molecule has 9 heteroatoms. The Morgan fingerprint density at radius 1 is 1.06 bits per heavy atom. The standard InChI is InChI=1S/C23H18BrCl2N3O3/c1-12-19-16(28-29-22(30)13-6-2-3-7-14(13)24)9-5-11-18(19)32-21(12)23(31)27-17-10-4-8-15(25)20(17)26/h2-4,6-8,10H,5,9,11H2,1H3,(H,27,31)(H,29,30)/b28-16+. The van der Waals surface area contributed by atoms with E-state index in [9.17, 15) is 9.59 Å². The maximum Gasteiger partial charge on any atom is 0.291 e. The van der Waals surface area contributed by atoms with Crippen molar-refractivity contribution in [1.82, 2.24) is 5.43 Å². The van der Waals surface area contributed by atoms with Crippen molar-refractivity contribution < 1.29 is 14.0 Å². The van der Waals surface area contributed by atoms with Crippen LogP contribution in [0.3, 0.4) is 0 Å². The van der Waals surface area contributed by atoms with Gasteiger partial charge in [0.05, 0.1) is 27.0 Å². The van der Waals surface area contributed by atoms with E-state index in [1.165, 1.54) is 0 Å². The van der Waals surface area contributed by atoms with E-state index in [0.29, 0.717) is 50.6 Å². The lowest BCUT2D eigenvalue weighted by Gasteiger charge is -2.13. The number of hydrogen-bond acceptors (Lipinski definition) is 4. The van der Waals surface area contributed by atoms with Gasteiger partial charge in [-0.25, -0.2) is 5.43 Å². The van der Waals surface area contributed by atoms with Gasteiger partial charge >= 0.3 is 0 Å². The van der Waals surface area contributed by atoms with Crippen LogP contribution in [0.4, 0.5) is 5.69 Å². The van der Waals surface area contributed by atoms with E-state index in [1.807, 2.05) is 6.07 Å². The molecule has 32 heavy (non-hydrogen) atoms. The molecule has 6 nitrogen and oxygen atoms in total. The minimum absolute atomic E-state index is 0.178. The average Bonchev–Trinajstić information content (AvgIpc) is 3.13. The predicted octanol–water partition coefficient (Wildman–Crippen LogP) is 6.38. The van der Waals surface area contributed by atoms with Gasteiger partial charge in [0.1, 0.15) is 5.76 Å². The number of rotatable bonds is 4. The summed E-state index contributed by atoms with van der Waals surface area (Å²) in [6, 6.07) is 12.1. The number of halogens is 3. The molecular formula is C23H18BrCl2N3O3. The molecule has 2 amide bonds. The summed E-state index contributed by atoms with van der Waals surface area (Å²) in [5.74, 6) is 0.0900. The first-order chi connectivity index (χ1) is 15.4. The summed E-state index contributed by atoms with van der Waals surface area (Å²) in [6.45, 7) is 1.80. The normalized spacial score (nSPS) is 14.2. The van der Waals surface area contributed by atoms with Crippen LogP contribution in [0.25, 0.3) is 0 Å². The van der Waals surface area contributed by atoms with Gasteiger partial charge in [-0.3, -0.25) is 9.59 Å². The zero-order valence-electron chi connectivity index (χ0n) is 17.0. The van der Waals surface area contributed by atoms with Gasteiger partial charge in [-0.05, 0) is 60.0 Å². The number of hydrazone groups is 1. The van der Waals surface area contributed by atoms with Gasteiger partial charge in [0.25, 0.3) is 11.8 Å². The molecule has 0 fully saturated rings. The van der Waals surface area contributed by atoms with Crippen molar-refractivity contribution in [3.05, 3.63) is 85.2 Å². The van der Waals surface area contributed by atoms with Gasteiger partial charge in [0.2, 0.25) is 0 Å². The van der Waals surface area contributed by atoms with Crippen LogP contribution in [-0.2, 0) is 6.42 Å². The van der Waals surface area contributed by atoms with Crippen molar-refractivity contribution in [2.75, 3.05) is 5.32 Å². The minimum Gasteiger partial charge on any atom is -0.455 e. The topological polar surface area (TPSA) is 83.7 Å². The van der Waals surface area contributed by atoms with Gasteiger partial charge in [-0.15, -0.1) is 0 Å². The molecule has 2 aromatic carbocycles. The number of nitrogens with zero attached hydrogens (tertiary/aromatic N) is 1. The molecule has 1 aliphatic rings. The van der Waals surface area contributed by atoms with Crippen LogP contribution in [0.5, 0.6) is 0 Å². The fraction of sp³-hybridized carbons (Fsp3) is 0.174. The molecule has 164 valence electrons. The fourth-order valence-electron chi connectivity index (χ4n) is 3.60. The summed E-state index contributed by atoms with van der Waals surface area (Å²) in [6.07, 6.45) is 2.13. The van der Waals surface area contributed by atoms with Crippen molar-refractivity contribution >= 4 is 62.3 Å². The lowest BCUT2D eigenvalue weighted by Crippen LogP contribution is -2.22. The second kappa shape index (κ2) is 9.48. The van der Waals surface area contributed by atoms with Crippen molar-refractivity contribution in [2.45, 2.75) is 26.2 Å². The molecular weight excluding hydrogens is 517 g/mol. The van der Waals surface area contributed by atoms with Crippen LogP contribution in [0.2, 0.25) is 10.0 Å². The molecule has 0 saturated heterocycles. The number of aryl methyl sites for hydroxylation is 1. The number of fused-ring (bicyclic) bond motifs is 1. The number of amides is 2. The van der Waals surface area contributed by atoms with Crippen molar-refractivity contribution in [3.63, 3.8) is 0 Å². The molecule has 2 N–H and O–H groups in total. The summed E-state index contributed by atoms with van der Waals surface area (Å²) in [5.41, 5.74) is 5.58. The molecule has 1 aromatic heterocycles. The zero-order valence-corrected chi connectivity index (χ0v) is 20.1. The van der Waals surface area contributed by atoms with Gasteiger partial charge in [-0.2, -0.15) is 5.10 Å². The van der Waals surface area contributed by atoms with E-state index >= 15 is 0 Å². The third-order valence-corrected chi connectivity index (χ3v) is 6.65. The third-order valence-electron chi connectivity index (χ3n) is 5.14. The van der Waals surface area contributed by atoms with Crippen LogP contribution in [0.1, 0.15) is 50.6 Å². The monoisotopic (exact) mass is 533 g/mol. The summed E-state index contributed by atoms with van der Waals surface area (Å²) >= 11 is 15.6. The zero-order chi connectivity index (χ0) is 22.8.